The van der Waals surface area contributed by atoms with E-state index < -0.39 is 0 Å². The van der Waals surface area contributed by atoms with Gasteiger partial charge in [-0.3, -0.25) is 0 Å². The van der Waals surface area contributed by atoms with Crippen molar-refractivity contribution < 1.29 is 10.2 Å². The summed E-state index contributed by atoms with van der Waals surface area (Å²) in [5, 5.41) is 20.4. The molecule has 0 aromatic heterocycles. The SMILES string of the molecule is Cc1cc(Br)c(O)c(CN(C)CCN(C)Cc2cc(C)cc(Br)c2O)c1. The number of rotatable bonds is 7. The summed E-state index contributed by atoms with van der Waals surface area (Å²) in [6.45, 7) is 7.12. The van der Waals surface area contributed by atoms with Crippen LogP contribution in [0.15, 0.2) is 33.2 Å². The number of likely N-dealkylation sites (N-methyl/N-ethyl adjacent to an activating group) is 2. The molecule has 0 atom stereocenters. The lowest BCUT2D eigenvalue weighted by Gasteiger charge is -2.23. The Balaban J connectivity index is 1.92. The summed E-state index contributed by atoms with van der Waals surface area (Å²) in [7, 11) is 4.09. The van der Waals surface area contributed by atoms with Crippen molar-refractivity contribution in [1.29, 1.82) is 0 Å². The van der Waals surface area contributed by atoms with Crippen LogP contribution >= 0.6 is 31.9 Å². The van der Waals surface area contributed by atoms with Crippen LogP contribution in [0, 0.1) is 13.8 Å². The molecule has 2 aromatic rings. The Morgan fingerprint density at radius 2 is 1.08 bits per heavy atom. The maximum atomic E-state index is 10.2. The summed E-state index contributed by atoms with van der Waals surface area (Å²) in [6.07, 6.45) is 0. The third kappa shape index (κ3) is 5.71. The van der Waals surface area contributed by atoms with E-state index in [1.54, 1.807) is 0 Å². The van der Waals surface area contributed by atoms with Crippen molar-refractivity contribution >= 4 is 31.9 Å². The first-order valence-corrected chi connectivity index (χ1v) is 10.1. The number of aryl methyl sites for hydroxylation is 2. The Morgan fingerprint density at radius 1 is 0.731 bits per heavy atom. The van der Waals surface area contributed by atoms with E-state index in [2.05, 4.69) is 41.7 Å². The first-order valence-electron chi connectivity index (χ1n) is 8.50. The molecule has 26 heavy (non-hydrogen) atoms. The van der Waals surface area contributed by atoms with E-state index in [0.29, 0.717) is 24.6 Å². The number of aromatic hydroxyl groups is 2. The van der Waals surface area contributed by atoms with Gasteiger partial charge >= 0.3 is 0 Å². The van der Waals surface area contributed by atoms with Gasteiger partial charge in [-0.25, -0.2) is 0 Å². The Hall–Kier alpha value is -1.08. The Kier molecular flexibility index (Phi) is 7.52. The second-order valence-electron chi connectivity index (χ2n) is 6.98. The standard InChI is InChI=1S/C20H26Br2N2O2/c1-13-7-15(19(25)17(21)9-13)11-23(3)5-6-24(4)12-16-8-14(2)10-18(22)20(16)26/h7-10,25-26H,5-6,11-12H2,1-4H3. The van der Waals surface area contributed by atoms with Gasteiger partial charge < -0.3 is 20.0 Å². The zero-order chi connectivity index (χ0) is 19.4. The highest BCUT2D eigenvalue weighted by atomic mass is 79.9. The van der Waals surface area contributed by atoms with Crippen LogP contribution in [0.2, 0.25) is 0 Å². The van der Waals surface area contributed by atoms with Gasteiger partial charge in [-0.2, -0.15) is 0 Å². The van der Waals surface area contributed by atoms with Gasteiger partial charge in [0.25, 0.3) is 0 Å². The smallest absolute Gasteiger partial charge is 0.134 e. The van der Waals surface area contributed by atoms with E-state index in [9.17, 15) is 10.2 Å². The van der Waals surface area contributed by atoms with Crippen LogP contribution in [0.5, 0.6) is 11.5 Å². The lowest BCUT2D eigenvalue weighted by atomic mass is 10.1. The summed E-state index contributed by atoms with van der Waals surface area (Å²) in [4.78, 5) is 4.37. The Bertz CT molecular complexity index is 715. The van der Waals surface area contributed by atoms with Gasteiger partial charge in [-0.1, -0.05) is 12.1 Å². The summed E-state index contributed by atoms with van der Waals surface area (Å²) >= 11 is 6.80. The van der Waals surface area contributed by atoms with Crippen LogP contribution in [0.1, 0.15) is 22.3 Å². The average molecular weight is 486 g/mol. The predicted molar refractivity (Wildman–Crippen MR) is 114 cm³/mol. The Morgan fingerprint density at radius 3 is 1.42 bits per heavy atom. The quantitative estimate of drug-likeness (QED) is 0.591. The number of phenolic OH excluding ortho intramolecular Hbond substituents is 2. The molecule has 4 nitrogen and oxygen atoms in total. The van der Waals surface area contributed by atoms with Crippen LogP contribution < -0.4 is 0 Å². The van der Waals surface area contributed by atoms with Crippen molar-refractivity contribution in [2.45, 2.75) is 26.9 Å². The highest BCUT2D eigenvalue weighted by molar-refractivity contribution is 9.10. The third-order valence-corrected chi connectivity index (χ3v) is 5.53. The largest absolute Gasteiger partial charge is 0.506 e. The molecule has 0 fully saturated rings. The average Bonchev–Trinajstić information content (AvgIpc) is 2.55. The van der Waals surface area contributed by atoms with E-state index in [1.165, 1.54) is 0 Å². The minimum absolute atomic E-state index is 0.310. The van der Waals surface area contributed by atoms with E-state index in [4.69, 9.17) is 0 Å². The monoisotopic (exact) mass is 484 g/mol. The predicted octanol–water partition coefficient (Wildman–Crippen LogP) is 4.80. The number of nitrogens with zero attached hydrogens (tertiary/aromatic N) is 2. The second-order valence-corrected chi connectivity index (χ2v) is 8.69. The maximum absolute atomic E-state index is 10.2. The van der Waals surface area contributed by atoms with E-state index in [0.717, 1.165) is 44.3 Å². The molecule has 0 unspecified atom stereocenters. The molecule has 0 aliphatic carbocycles. The van der Waals surface area contributed by atoms with Crippen molar-refractivity contribution in [3.05, 3.63) is 55.5 Å². The molecular weight excluding hydrogens is 460 g/mol. The fourth-order valence-electron chi connectivity index (χ4n) is 2.94. The molecule has 6 heteroatoms. The van der Waals surface area contributed by atoms with Crippen molar-refractivity contribution in [1.82, 2.24) is 9.80 Å². The van der Waals surface area contributed by atoms with Gasteiger partial charge in [0.05, 0.1) is 8.95 Å². The molecule has 0 saturated heterocycles. The number of hydrogen-bond donors (Lipinski definition) is 2. The molecular formula is C20H26Br2N2O2. The molecule has 0 saturated carbocycles. The Labute approximate surface area is 172 Å². The lowest BCUT2D eigenvalue weighted by Crippen LogP contribution is -2.30. The van der Waals surface area contributed by atoms with Gasteiger partial charge in [-0.05, 0) is 83.1 Å². The van der Waals surface area contributed by atoms with E-state index in [-0.39, 0.29) is 0 Å². The minimum atomic E-state index is 0.310. The van der Waals surface area contributed by atoms with Crippen LogP contribution in [-0.2, 0) is 13.1 Å². The molecule has 2 aromatic carbocycles. The number of phenols is 2. The van der Waals surface area contributed by atoms with Crippen LogP contribution in [0.3, 0.4) is 0 Å². The fourth-order valence-corrected chi connectivity index (χ4v) is 4.17. The first kappa shape index (κ1) is 21.2. The van der Waals surface area contributed by atoms with Gasteiger partial charge in [-0.15, -0.1) is 0 Å². The fraction of sp³-hybridized carbons (Fsp3) is 0.400. The molecule has 0 bridgehead atoms. The molecule has 0 amide bonds. The zero-order valence-corrected chi connectivity index (χ0v) is 18.9. The second kappa shape index (κ2) is 9.22. The van der Waals surface area contributed by atoms with Gasteiger partial charge in [0, 0.05) is 37.3 Å². The van der Waals surface area contributed by atoms with Crippen LogP contribution in [0.25, 0.3) is 0 Å². The number of halogens is 2. The van der Waals surface area contributed by atoms with Crippen molar-refractivity contribution in [2.24, 2.45) is 0 Å². The summed E-state index contributed by atoms with van der Waals surface area (Å²) < 4.78 is 1.47. The van der Waals surface area contributed by atoms with Crippen LogP contribution in [-0.4, -0.2) is 47.2 Å². The molecule has 0 aliphatic heterocycles. The number of benzene rings is 2. The highest BCUT2D eigenvalue weighted by Gasteiger charge is 2.12. The zero-order valence-electron chi connectivity index (χ0n) is 15.7. The molecule has 2 N–H and O–H groups in total. The molecule has 0 spiro atoms. The van der Waals surface area contributed by atoms with E-state index >= 15 is 0 Å². The molecule has 142 valence electrons. The topological polar surface area (TPSA) is 46.9 Å². The normalized spacial score (nSPS) is 11.5. The molecule has 0 heterocycles. The van der Waals surface area contributed by atoms with Gasteiger partial charge in [0.1, 0.15) is 11.5 Å². The lowest BCUT2D eigenvalue weighted by molar-refractivity contribution is 0.243. The molecule has 0 aliphatic rings. The third-order valence-electron chi connectivity index (χ3n) is 4.32. The molecule has 2 rings (SSSR count). The number of hydrogen-bond acceptors (Lipinski definition) is 4. The van der Waals surface area contributed by atoms with Crippen molar-refractivity contribution in [2.75, 3.05) is 27.2 Å². The highest BCUT2D eigenvalue weighted by Crippen LogP contribution is 2.31. The van der Waals surface area contributed by atoms with Gasteiger partial charge in [0.15, 0.2) is 0 Å². The van der Waals surface area contributed by atoms with E-state index in [1.807, 2.05) is 52.2 Å². The van der Waals surface area contributed by atoms with Crippen molar-refractivity contribution in [3.63, 3.8) is 0 Å². The summed E-state index contributed by atoms with van der Waals surface area (Å²) in [6, 6.07) is 7.86. The first-order chi connectivity index (χ1) is 12.2. The maximum Gasteiger partial charge on any atom is 0.134 e. The summed E-state index contributed by atoms with van der Waals surface area (Å²) in [5.74, 6) is 0.621. The van der Waals surface area contributed by atoms with Crippen molar-refractivity contribution in [3.8, 4) is 11.5 Å². The molecule has 0 radical (unpaired) electrons. The minimum Gasteiger partial charge on any atom is -0.506 e. The summed E-state index contributed by atoms with van der Waals surface area (Å²) in [5.41, 5.74) is 4.08. The van der Waals surface area contributed by atoms with Gasteiger partial charge in [0.2, 0.25) is 0 Å². The van der Waals surface area contributed by atoms with Crippen LogP contribution in [0.4, 0.5) is 0 Å².